The van der Waals surface area contributed by atoms with E-state index in [0.717, 1.165) is 19.4 Å². The summed E-state index contributed by atoms with van der Waals surface area (Å²) < 4.78 is 10.4. The molecular formula is C17H24N2O5. The van der Waals surface area contributed by atoms with Gasteiger partial charge in [0.15, 0.2) is 5.76 Å². The fourth-order valence-electron chi connectivity index (χ4n) is 3.13. The van der Waals surface area contributed by atoms with Crippen molar-refractivity contribution in [1.29, 1.82) is 0 Å². The van der Waals surface area contributed by atoms with E-state index >= 15 is 0 Å². The van der Waals surface area contributed by atoms with Crippen LogP contribution in [-0.2, 0) is 16.1 Å². The molecule has 3 rings (SSSR count). The Morgan fingerprint density at radius 3 is 2.75 bits per heavy atom. The third kappa shape index (κ3) is 4.36. The normalized spacial score (nSPS) is 23.1. The monoisotopic (exact) mass is 336 g/mol. The van der Waals surface area contributed by atoms with Crippen molar-refractivity contribution in [3.63, 3.8) is 0 Å². The molecule has 1 aromatic heterocycles. The first kappa shape index (κ1) is 17.0. The molecule has 0 aromatic carbocycles. The summed E-state index contributed by atoms with van der Waals surface area (Å²) in [6.45, 7) is 1.28. The molecule has 0 aliphatic heterocycles. The summed E-state index contributed by atoms with van der Waals surface area (Å²) in [7, 11) is 1.57. The number of nitrogens with one attached hydrogen (secondary N) is 1. The maximum Gasteiger partial charge on any atom is 0.317 e. The molecule has 2 saturated carbocycles. The van der Waals surface area contributed by atoms with Crippen molar-refractivity contribution in [2.45, 2.75) is 44.4 Å². The molecule has 132 valence electrons. The molecule has 1 amide bonds. The number of aliphatic carboxylic acids is 1. The van der Waals surface area contributed by atoms with E-state index in [1.807, 2.05) is 4.90 Å². The SMILES string of the molecule is COCc1ccc(C(=O)NC2CC(N(CC(=O)O)CC3CC3)C2)o1. The van der Waals surface area contributed by atoms with Gasteiger partial charge in [-0.15, -0.1) is 0 Å². The Labute approximate surface area is 140 Å². The largest absolute Gasteiger partial charge is 0.480 e. The number of carboxylic acids is 1. The number of carbonyl (C=O) groups is 2. The van der Waals surface area contributed by atoms with E-state index in [2.05, 4.69) is 5.32 Å². The number of furan rings is 1. The third-order valence-electron chi connectivity index (χ3n) is 4.66. The van der Waals surface area contributed by atoms with Gasteiger partial charge in [-0.2, -0.15) is 0 Å². The lowest BCUT2D eigenvalue weighted by molar-refractivity contribution is -0.139. The fourth-order valence-corrected chi connectivity index (χ4v) is 3.13. The van der Waals surface area contributed by atoms with Crippen molar-refractivity contribution in [3.05, 3.63) is 23.7 Å². The van der Waals surface area contributed by atoms with Crippen LogP contribution < -0.4 is 5.32 Å². The van der Waals surface area contributed by atoms with Crippen LogP contribution in [0.15, 0.2) is 16.5 Å². The molecule has 24 heavy (non-hydrogen) atoms. The maximum atomic E-state index is 12.2. The second kappa shape index (κ2) is 7.36. The zero-order valence-corrected chi connectivity index (χ0v) is 13.9. The van der Waals surface area contributed by atoms with Gasteiger partial charge in [-0.25, -0.2) is 0 Å². The van der Waals surface area contributed by atoms with E-state index in [0.29, 0.717) is 18.3 Å². The van der Waals surface area contributed by atoms with Gasteiger partial charge < -0.3 is 19.6 Å². The van der Waals surface area contributed by atoms with Gasteiger partial charge in [0.25, 0.3) is 5.91 Å². The smallest absolute Gasteiger partial charge is 0.317 e. The highest BCUT2D eigenvalue weighted by atomic mass is 16.5. The van der Waals surface area contributed by atoms with Crippen molar-refractivity contribution >= 4 is 11.9 Å². The Kier molecular flexibility index (Phi) is 5.20. The molecule has 0 unspecified atom stereocenters. The predicted octanol–water partition coefficient (Wildman–Crippen LogP) is 1.48. The van der Waals surface area contributed by atoms with Gasteiger partial charge in [0, 0.05) is 25.7 Å². The Morgan fingerprint density at radius 1 is 1.38 bits per heavy atom. The molecule has 7 heteroatoms. The van der Waals surface area contributed by atoms with Crippen LogP contribution in [0.25, 0.3) is 0 Å². The average Bonchev–Trinajstić information content (AvgIpc) is 3.17. The number of methoxy groups -OCH3 is 1. The zero-order valence-electron chi connectivity index (χ0n) is 13.9. The van der Waals surface area contributed by atoms with E-state index < -0.39 is 5.97 Å². The summed E-state index contributed by atoms with van der Waals surface area (Å²) in [4.78, 5) is 25.2. The Morgan fingerprint density at radius 2 is 2.12 bits per heavy atom. The lowest BCUT2D eigenvalue weighted by atomic mass is 9.85. The highest BCUT2D eigenvalue weighted by Gasteiger charge is 2.38. The first-order chi connectivity index (χ1) is 11.5. The molecule has 2 N–H and O–H groups in total. The Bertz CT molecular complexity index is 590. The molecule has 0 radical (unpaired) electrons. The first-order valence-corrected chi connectivity index (χ1v) is 8.39. The second-order valence-electron chi connectivity index (χ2n) is 6.76. The van der Waals surface area contributed by atoms with Crippen molar-refractivity contribution in [2.24, 2.45) is 5.92 Å². The van der Waals surface area contributed by atoms with Gasteiger partial charge >= 0.3 is 5.97 Å². The van der Waals surface area contributed by atoms with Crippen LogP contribution in [0.2, 0.25) is 0 Å². The zero-order chi connectivity index (χ0) is 17.1. The van der Waals surface area contributed by atoms with Gasteiger partial charge in [0.1, 0.15) is 12.4 Å². The molecular weight excluding hydrogens is 312 g/mol. The van der Waals surface area contributed by atoms with E-state index in [-0.39, 0.29) is 30.3 Å². The van der Waals surface area contributed by atoms with Crippen LogP contribution in [-0.4, -0.2) is 54.2 Å². The molecule has 2 fully saturated rings. The fraction of sp³-hybridized carbons (Fsp3) is 0.647. The summed E-state index contributed by atoms with van der Waals surface area (Å²) in [6, 6.07) is 3.69. The minimum Gasteiger partial charge on any atom is -0.480 e. The summed E-state index contributed by atoms with van der Waals surface area (Å²) >= 11 is 0. The Hall–Kier alpha value is -1.86. The highest BCUT2D eigenvalue weighted by Crippen LogP contribution is 2.33. The van der Waals surface area contributed by atoms with E-state index in [9.17, 15) is 9.59 Å². The molecule has 1 heterocycles. The lowest BCUT2D eigenvalue weighted by Gasteiger charge is -2.42. The number of amides is 1. The van der Waals surface area contributed by atoms with Gasteiger partial charge in [0.05, 0.1) is 6.54 Å². The topological polar surface area (TPSA) is 92.0 Å². The number of carbonyl (C=O) groups excluding carboxylic acids is 1. The number of hydrogen-bond donors (Lipinski definition) is 2. The lowest BCUT2D eigenvalue weighted by Crippen LogP contribution is -2.55. The van der Waals surface area contributed by atoms with Crippen molar-refractivity contribution in [2.75, 3.05) is 20.2 Å². The molecule has 2 aliphatic rings. The van der Waals surface area contributed by atoms with E-state index in [4.69, 9.17) is 14.3 Å². The quantitative estimate of drug-likeness (QED) is 0.710. The van der Waals surface area contributed by atoms with Crippen molar-refractivity contribution < 1.29 is 23.8 Å². The molecule has 0 atom stereocenters. The van der Waals surface area contributed by atoms with Gasteiger partial charge in [-0.05, 0) is 43.7 Å². The number of rotatable bonds is 9. The van der Waals surface area contributed by atoms with Gasteiger partial charge in [0.2, 0.25) is 0 Å². The number of carboxylic acid groups (broad SMARTS) is 1. The molecule has 0 bridgehead atoms. The molecule has 1 aromatic rings. The van der Waals surface area contributed by atoms with Crippen LogP contribution in [0.5, 0.6) is 0 Å². The van der Waals surface area contributed by atoms with E-state index in [1.165, 1.54) is 12.8 Å². The van der Waals surface area contributed by atoms with Crippen molar-refractivity contribution in [3.8, 4) is 0 Å². The highest BCUT2D eigenvalue weighted by molar-refractivity contribution is 5.91. The first-order valence-electron chi connectivity index (χ1n) is 8.39. The summed E-state index contributed by atoms with van der Waals surface area (Å²) in [5, 5.41) is 12.0. The standard InChI is InChI=1S/C17H24N2O5/c1-23-10-14-4-5-15(24-14)17(22)18-12-6-13(7-12)19(9-16(20)21)8-11-2-3-11/h4-5,11-13H,2-3,6-10H2,1H3,(H,18,22)(H,20,21). The van der Waals surface area contributed by atoms with Crippen LogP contribution in [0.4, 0.5) is 0 Å². The van der Waals surface area contributed by atoms with Gasteiger partial charge in [-0.3, -0.25) is 14.5 Å². The van der Waals surface area contributed by atoms with Gasteiger partial charge in [-0.1, -0.05) is 0 Å². The molecule has 0 saturated heterocycles. The summed E-state index contributed by atoms with van der Waals surface area (Å²) in [6.07, 6.45) is 3.98. The predicted molar refractivity (Wildman–Crippen MR) is 85.6 cm³/mol. The van der Waals surface area contributed by atoms with Crippen LogP contribution in [0.3, 0.4) is 0 Å². The second-order valence-corrected chi connectivity index (χ2v) is 6.76. The minimum atomic E-state index is -0.788. The maximum absolute atomic E-state index is 12.2. The summed E-state index contributed by atoms with van der Waals surface area (Å²) in [5.41, 5.74) is 0. The van der Waals surface area contributed by atoms with Crippen molar-refractivity contribution in [1.82, 2.24) is 10.2 Å². The van der Waals surface area contributed by atoms with E-state index in [1.54, 1.807) is 19.2 Å². The molecule has 7 nitrogen and oxygen atoms in total. The number of nitrogens with zero attached hydrogens (tertiary/aromatic N) is 1. The Balaban J connectivity index is 1.46. The molecule has 2 aliphatic carbocycles. The van der Waals surface area contributed by atoms with Crippen LogP contribution in [0.1, 0.15) is 42.0 Å². The molecule has 0 spiro atoms. The summed E-state index contributed by atoms with van der Waals surface area (Å²) in [5.74, 6) is 0.537. The van der Waals surface area contributed by atoms with Crippen LogP contribution >= 0.6 is 0 Å². The third-order valence-corrected chi connectivity index (χ3v) is 4.66. The number of ether oxygens (including phenoxy) is 1. The van der Waals surface area contributed by atoms with Crippen LogP contribution in [0, 0.1) is 5.92 Å². The average molecular weight is 336 g/mol. The number of hydrogen-bond acceptors (Lipinski definition) is 5. The minimum absolute atomic E-state index is 0.0778.